The van der Waals surface area contributed by atoms with Crippen LogP contribution in [0.15, 0.2) is 12.3 Å². The van der Waals surface area contributed by atoms with Crippen LogP contribution in [-0.2, 0) is 6.42 Å². The van der Waals surface area contributed by atoms with Crippen LogP contribution in [0.25, 0.3) is 0 Å². The first-order chi connectivity index (χ1) is 10.0. The molecule has 0 saturated carbocycles. The molecule has 1 aromatic rings. The van der Waals surface area contributed by atoms with Crippen LogP contribution in [-0.4, -0.2) is 28.6 Å². The van der Waals surface area contributed by atoms with E-state index < -0.39 is 0 Å². The van der Waals surface area contributed by atoms with Gasteiger partial charge >= 0.3 is 0 Å². The van der Waals surface area contributed by atoms with E-state index in [1.807, 2.05) is 0 Å². The normalized spacial score (nSPS) is 35.5. The van der Waals surface area contributed by atoms with Crippen molar-refractivity contribution in [1.82, 2.24) is 9.47 Å². The maximum Gasteiger partial charge on any atom is 0.0360 e. The number of rotatable bonds is 1. The lowest BCUT2D eigenvalue weighted by Crippen LogP contribution is -2.39. The van der Waals surface area contributed by atoms with Gasteiger partial charge in [0.05, 0.1) is 0 Å². The summed E-state index contributed by atoms with van der Waals surface area (Å²) in [6.45, 7) is 7.36. The Morgan fingerprint density at radius 1 is 1.19 bits per heavy atom. The minimum absolute atomic E-state index is 0.233. The van der Waals surface area contributed by atoms with E-state index in [1.165, 1.54) is 56.5 Å². The van der Waals surface area contributed by atoms with Crippen molar-refractivity contribution in [2.75, 3.05) is 13.1 Å². The van der Waals surface area contributed by atoms with E-state index in [-0.39, 0.29) is 6.04 Å². The molecule has 0 radical (unpaired) electrons. The molecule has 3 nitrogen and oxygen atoms in total. The molecule has 2 N–H and O–H groups in total. The third-order valence-corrected chi connectivity index (χ3v) is 6.06. The number of nitrogens with two attached hydrogens (primary N) is 1. The van der Waals surface area contributed by atoms with Gasteiger partial charge in [-0.05, 0) is 62.1 Å². The summed E-state index contributed by atoms with van der Waals surface area (Å²) in [6.07, 6.45) is 10.1. The van der Waals surface area contributed by atoms with E-state index in [2.05, 4.69) is 35.6 Å². The quantitative estimate of drug-likeness (QED) is 0.860. The maximum atomic E-state index is 6.43. The predicted octanol–water partition coefficient (Wildman–Crippen LogP) is 3.26. The fourth-order valence-electron chi connectivity index (χ4n) is 5.06. The lowest BCUT2D eigenvalue weighted by molar-refractivity contribution is 0.152. The van der Waals surface area contributed by atoms with E-state index in [0.29, 0.717) is 11.5 Å². The van der Waals surface area contributed by atoms with Crippen molar-refractivity contribution in [3.8, 4) is 0 Å². The molecule has 116 valence electrons. The van der Waals surface area contributed by atoms with Crippen molar-refractivity contribution < 1.29 is 0 Å². The van der Waals surface area contributed by atoms with Crippen LogP contribution in [0.3, 0.4) is 0 Å². The van der Waals surface area contributed by atoms with Crippen LogP contribution < -0.4 is 5.73 Å². The zero-order chi connectivity index (χ0) is 14.6. The molecule has 2 fully saturated rings. The average Bonchev–Trinajstić information content (AvgIpc) is 3.02. The predicted molar refractivity (Wildman–Crippen MR) is 86.3 cm³/mol. The summed E-state index contributed by atoms with van der Waals surface area (Å²) in [4.78, 5) is 2.71. The number of hydrogen-bond donors (Lipinski definition) is 1. The molecule has 3 atom stereocenters. The fourth-order valence-corrected chi connectivity index (χ4v) is 5.06. The molecule has 3 unspecified atom stereocenters. The van der Waals surface area contributed by atoms with Crippen molar-refractivity contribution in [3.05, 3.63) is 23.5 Å². The van der Waals surface area contributed by atoms with Gasteiger partial charge in [-0.1, -0.05) is 13.8 Å². The molecule has 4 rings (SSSR count). The van der Waals surface area contributed by atoms with E-state index >= 15 is 0 Å². The molecule has 1 aromatic heterocycles. The second-order valence-corrected chi connectivity index (χ2v) is 8.29. The molecule has 0 spiro atoms. The molecule has 3 heteroatoms. The van der Waals surface area contributed by atoms with Gasteiger partial charge in [-0.15, -0.1) is 0 Å². The van der Waals surface area contributed by atoms with Crippen LogP contribution in [0.2, 0.25) is 0 Å². The first kappa shape index (κ1) is 13.8. The van der Waals surface area contributed by atoms with Gasteiger partial charge in [-0.3, -0.25) is 0 Å². The summed E-state index contributed by atoms with van der Waals surface area (Å²) in [5.41, 5.74) is 9.73. The molecule has 1 aliphatic carbocycles. The molecule has 2 aliphatic heterocycles. The Balaban J connectivity index is 1.62. The van der Waals surface area contributed by atoms with Crippen LogP contribution in [0.4, 0.5) is 0 Å². The molecular formula is C18H29N3. The zero-order valence-corrected chi connectivity index (χ0v) is 13.5. The molecule has 0 aromatic carbocycles. The van der Waals surface area contributed by atoms with Crippen LogP contribution >= 0.6 is 0 Å². The Kier molecular flexibility index (Phi) is 3.20. The first-order valence-electron chi connectivity index (χ1n) is 8.73. The topological polar surface area (TPSA) is 34.2 Å². The van der Waals surface area contributed by atoms with Crippen molar-refractivity contribution in [3.63, 3.8) is 0 Å². The number of aromatic nitrogens is 1. The Bertz CT molecular complexity index is 531. The molecule has 0 amide bonds. The third-order valence-electron chi connectivity index (χ3n) is 6.06. The lowest BCUT2D eigenvalue weighted by Gasteiger charge is -2.39. The average molecular weight is 287 g/mol. The fraction of sp³-hybridized carbons (Fsp3) is 0.778. The van der Waals surface area contributed by atoms with E-state index in [1.54, 1.807) is 0 Å². The standard InChI is InChI=1S/C18H29N3/c1-18(2)11-16(19)15-6-9-21(17(15)12-18)14-5-8-20-7-3-4-13(20)10-14/h6,9,13-14,16H,3-5,7-8,10-12,19H2,1-2H3. The summed E-state index contributed by atoms with van der Waals surface area (Å²) in [5.74, 6) is 0. The van der Waals surface area contributed by atoms with Crippen LogP contribution in [0.5, 0.6) is 0 Å². The van der Waals surface area contributed by atoms with Crippen LogP contribution in [0, 0.1) is 5.41 Å². The monoisotopic (exact) mass is 287 g/mol. The highest BCUT2D eigenvalue weighted by atomic mass is 15.2. The Hall–Kier alpha value is -0.800. The van der Waals surface area contributed by atoms with Crippen molar-refractivity contribution in [2.45, 2.75) is 70.5 Å². The second-order valence-electron chi connectivity index (χ2n) is 8.29. The van der Waals surface area contributed by atoms with Crippen molar-refractivity contribution in [2.24, 2.45) is 11.1 Å². The van der Waals surface area contributed by atoms with Gasteiger partial charge in [0.1, 0.15) is 0 Å². The SMILES string of the molecule is CC1(C)Cc2c(ccn2C2CCN3CCCC3C2)C(N)C1. The molecule has 3 heterocycles. The van der Waals surface area contributed by atoms with Gasteiger partial charge in [0.15, 0.2) is 0 Å². The number of piperidine rings is 1. The van der Waals surface area contributed by atoms with E-state index in [4.69, 9.17) is 5.73 Å². The van der Waals surface area contributed by atoms with Gasteiger partial charge in [0.2, 0.25) is 0 Å². The smallest absolute Gasteiger partial charge is 0.0360 e. The second kappa shape index (κ2) is 4.85. The lowest BCUT2D eigenvalue weighted by atomic mass is 9.74. The highest BCUT2D eigenvalue weighted by molar-refractivity contribution is 5.31. The molecular weight excluding hydrogens is 258 g/mol. The Morgan fingerprint density at radius 3 is 2.90 bits per heavy atom. The molecule has 3 aliphatic rings. The van der Waals surface area contributed by atoms with Crippen LogP contribution in [0.1, 0.15) is 69.3 Å². The van der Waals surface area contributed by atoms with Gasteiger partial charge in [0.25, 0.3) is 0 Å². The summed E-state index contributed by atoms with van der Waals surface area (Å²) >= 11 is 0. The number of nitrogens with zero attached hydrogens (tertiary/aromatic N) is 2. The minimum atomic E-state index is 0.233. The number of fused-ring (bicyclic) bond motifs is 2. The van der Waals surface area contributed by atoms with Crippen molar-refractivity contribution >= 4 is 0 Å². The summed E-state index contributed by atoms with van der Waals surface area (Å²) < 4.78 is 2.60. The van der Waals surface area contributed by atoms with Crippen molar-refractivity contribution in [1.29, 1.82) is 0 Å². The number of hydrogen-bond acceptors (Lipinski definition) is 2. The van der Waals surface area contributed by atoms with E-state index in [9.17, 15) is 0 Å². The molecule has 21 heavy (non-hydrogen) atoms. The molecule has 2 saturated heterocycles. The highest BCUT2D eigenvalue weighted by Crippen LogP contribution is 2.42. The highest BCUT2D eigenvalue weighted by Gasteiger charge is 2.36. The Morgan fingerprint density at radius 2 is 2.05 bits per heavy atom. The van der Waals surface area contributed by atoms with E-state index in [0.717, 1.165) is 12.5 Å². The van der Waals surface area contributed by atoms with Gasteiger partial charge in [-0.25, -0.2) is 0 Å². The Labute approximate surface area is 128 Å². The summed E-state index contributed by atoms with van der Waals surface area (Å²) in [7, 11) is 0. The third kappa shape index (κ3) is 2.35. The first-order valence-corrected chi connectivity index (χ1v) is 8.73. The largest absolute Gasteiger partial charge is 0.348 e. The summed E-state index contributed by atoms with van der Waals surface area (Å²) in [5, 5.41) is 0. The minimum Gasteiger partial charge on any atom is -0.348 e. The van der Waals surface area contributed by atoms with Gasteiger partial charge < -0.3 is 15.2 Å². The van der Waals surface area contributed by atoms with Gasteiger partial charge in [-0.2, -0.15) is 0 Å². The molecule has 0 bridgehead atoms. The zero-order valence-electron chi connectivity index (χ0n) is 13.5. The summed E-state index contributed by atoms with van der Waals surface area (Å²) in [6, 6.07) is 4.08. The maximum absolute atomic E-state index is 6.43. The van der Waals surface area contributed by atoms with Gasteiger partial charge in [0, 0.05) is 36.6 Å².